The fourth-order valence-electron chi connectivity index (χ4n) is 1.14. The second-order valence-electron chi connectivity index (χ2n) is 2.39. The van der Waals surface area contributed by atoms with E-state index >= 15 is 0 Å². The van der Waals surface area contributed by atoms with Crippen LogP contribution >= 0.6 is 0 Å². The van der Waals surface area contributed by atoms with Gasteiger partial charge < -0.3 is 5.73 Å². The highest BCUT2D eigenvalue weighted by molar-refractivity contribution is 5.10. The van der Waals surface area contributed by atoms with E-state index < -0.39 is 0 Å². The van der Waals surface area contributed by atoms with Gasteiger partial charge in [-0.1, -0.05) is 5.57 Å². The summed E-state index contributed by atoms with van der Waals surface area (Å²) in [6.45, 7) is 0. The molecule has 0 aliphatic heterocycles. The minimum Gasteiger partial charge on any atom is -0.405 e. The maximum Gasteiger partial charge on any atom is 0.0659 e. The summed E-state index contributed by atoms with van der Waals surface area (Å²) >= 11 is 0. The minimum atomic E-state index is 0.236. The molecule has 0 amide bonds. The lowest BCUT2D eigenvalue weighted by molar-refractivity contribution is 0.709. The molecule has 2 N–H and O–H groups in total. The largest absolute Gasteiger partial charge is 0.405 e. The first kappa shape index (κ1) is 6.15. The Kier molecular flexibility index (Phi) is 1.74. The van der Waals surface area contributed by atoms with Gasteiger partial charge in [0.15, 0.2) is 0 Å². The molecule has 2 nitrogen and oxygen atoms in total. The Balaban J connectivity index is 2.50. The van der Waals surface area contributed by atoms with Crippen molar-refractivity contribution in [2.75, 3.05) is 0 Å². The van der Waals surface area contributed by atoms with E-state index in [-0.39, 0.29) is 5.92 Å². The van der Waals surface area contributed by atoms with Crippen molar-refractivity contribution in [2.24, 2.45) is 11.7 Å². The van der Waals surface area contributed by atoms with E-state index in [0.29, 0.717) is 0 Å². The summed E-state index contributed by atoms with van der Waals surface area (Å²) in [6, 6.07) is 2.23. The third-order valence-electron chi connectivity index (χ3n) is 1.74. The number of hydrogen-bond acceptors (Lipinski definition) is 2. The first-order valence-corrected chi connectivity index (χ1v) is 3.16. The molecule has 0 radical (unpaired) electrons. The van der Waals surface area contributed by atoms with Crippen molar-refractivity contribution in [3.63, 3.8) is 0 Å². The van der Waals surface area contributed by atoms with Gasteiger partial charge in [0, 0.05) is 0 Å². The molecule has 1 fully saturated rings. The number of allylic oxidation sites excluding steroid dienone is 1. The molecule has 1 aliphatic carbocycles. The van der Waals surface area contributed by atoms with Gasteiger partial charge in [-0.3, -0.25) is 0 Å². The zero-order valence-electron chi connectivity index (χ0n) is 5.30. The van der Waals surface area contributed by atoms with E-state index in [9.17, 15) is 0 Å². The molecule has 2 heteroatoms. The normalized spacial score (nSPS) is 30.6. The van der Waals surface area contributed by atoms with Crippen molar-refractivity contribution in [1.29, 1.82) is 5.26 Å². The highest BCUT2D eigenvalue weighted by Gasteiger charge is 2.17. The molecule has 9 heavy (non-hydrogen) atoms. The molecule has 48 valence electrons. The molecule has 0 saturated heterocycles. The number of nitriles is 1. The molecular formula is C7H10N2. The molecule has 1 atom stereocenters. The Labute approximate surface area is 55.0 Å². The van der Waals surface area contributed by atoms with E-state index in [1.54, 1.807) is 6.20 Å². The van der Waals surface area contributed by atoms with Crippen LogP contribution in [0.4, 0.5) is 0 Å². The fourth-order valence-corrected chi connectivity index (χ4v) is 1.14. The van der Waals surface area contributed by atoms with E-state index in [0.717, 1.165) is 19.3 Å². The van der Waals surface area contributed by atoms with Gasteiger partial charge in [0.25, 0.3) is 0 Å². The van der Waals surface area contributed by atoms with E-state index in [2.05, 4.69) is 6.07 Å². The van der Waals surface area contributed by atoms with Gasteiger partial charge >= 0.3 is 0 Å². The predicted octanol–water partition coefficient (Wildman–Crippen LogP) is 1.15. The van der Waals surface area contributed by atoms with E-state index in [1.807, 2.05) is 0 Å². The van der Waals surface area contributed by atoms with Gasteiger partial charge in [0.1, 0.15) is 0 Å². The molecule has 0 heterocycles. The number of rotatable bonds is 0. The van der Waals surface area contributed by atoms with Gasteiger partial charge in [-0.25, -0.2) is 0 Å². The Hall–Kier alpha value is -0.970. The van der Waals surface area contributed by atoms with Crippen LogP contribution in [0.1, 0.15) is 19.3 Å². The number of nitrogens with two attached hydrogens (primary N) is 1. The molecule has 0 spiro atoms. The Morgan fingerprint density at radius 2 is 2.56 bits per heavy atom. The molecule has 1 aliphatic rings. The van der Waals surface area contributed by atoms with Gasteiger partial charge in [0.2, 0.25) is 0 Å². The van der Waals surface area contributed by atoms with Crippen LogP contribution in [0, 0.1) is 17.2 Å². The molecule has 0 aromatic heterocycles. The predicted molar refractivity (Wildman–Crippen MR) is 35.2 cm³/mol. The van der Waals surface area contributed by atoms with Gasteiger partial charge in [-0.15, -0.1) is 0 Å². The average Bonchev–Trinajstić information content (AvgIpc) is 2.34. The SMILES string of the molecule is N#CC1CCC(=CN)C1. The van der Waals surface area contributed by atoms with Crippen LogP contribution in [-0.4, -0.2) is 0 Å². The lowest BCUT2D eigenvalue weighted by atomic mass is 10.1. The first-order chi connectivity index (χ1) is 4.36. The van der Waals surface area contributed by atoms with Crippen molar-refractivity contribution in [2.45, 2.75) is 19.3 Å². The number of hydrogen-bond donors (Lipinski definition) is 1. The van der Waals surface area contributed by atoms with Crippen molar-refractivity contribution >= 4 is 0 Å². The summed E-state index contributed by atoms with van der Waals surface area (Å²) in [7, 11) is 0. The minimum absolute atomic E-state index is 0.236. The van der Waals surface area contributed by atoms with Gasteiger partial charge in [-0.2, -0.15) is 5.26 Å². The Bertz CT molecular complexity index is 164. The van der Waals surface area contributed by atoms with Crippen LogP contribution in [0.2, 0.25) is 0 Å². The van der Waals surface area contributed by atoms with Gasteiger partial charge in [-0.05, 0) is 25.5 Å². The van der Waals surface area contributed by atoms with E-state index in [1.165, 1.54) is 5.57 Å². The third kappa shape index (κ3) is 1.23. The second-order valence-corrected chi connectivity index (χ2v) is 2.39. The topological polar surface area (TPSA) is 49.8 Å². The van der Waals surface area contributed by atoms with Gasteiger partial charge in [0.05, 0.1) is 12.0 Å². The van der Waals surface area contributed by atoms with Crippen LogP contribution in [0.5, 0.6) is 0 Å². The van der Waals surface area contributed by atoms with Crippen molar-refractivity contribution in [3.8, 4) is 6.07 Å². The standard InChI is InChI=1S/C7H10N2/c8-4-6-1-2-7(3-6)5-9/h4,7H,1-3,8H2. The zero-order chi connectivity index (χ0) is 6.69. The second kappa shape index (κ2) is 2.54. The van der Waals surface area contributed by atoms with Crippen LogP contribution in [0.3, 0.4) is 0 Å². The molecule has 1 unspecified atom stereocenters. The molecule has 1 rings (SSSR count). The molecule has 0 aromatic carbocycles. The summed E-state index contributed by atoms with van der Waals surface area (Å²) in [5.74, 6) is 0.236. The molecular weight excluding hydrogens is 112 g/mol. The van der Waals surface area contributed by atoms with Crippen LogP contribution in [-0.2, 0) is 0 Å². The maximum atomic E-state index is 8.46. The molecule has 0 aromatic rings. The quantitative estimate of drug-likeness (QED) is 0.524. The lowest BCUT2D eigenvalue weighted by Crippen LogP contribution is -1.86. The van der Waals surface area contributed by atoms with Crippen molar-refractivity contribution in [1.82, 2.24) is 0 Å². The summed E-state index contributed by atoms with van der Waals surface area (Å²) < 4.78 is 0. The molecule has 0 bridgehead atoms. The zero-order valence-corrected chi connectivity index (χ0v) is 5.30. The summed E-state index contributed by atoms with van der Waals surface area (Å²) in [5, 5.41) is 8.46. The smallest absolute Gasteiger partial charge is 0.0659 e. The number of nitrogens with zero attached hydrogens (tertiary/aromatic N) is 1. The monoisotopic (exact) mass is 122 g/mol. The summed E-state index contributed by atoms with van der Waals surface area (Å²) in [6.07, 6.45) is 4.55. The maximum absolute atomic E-state index is 8.46. The average molecular weight is 122 g/mol. The van der Waals surface area contributed by atoms with E-state index in [4.69, 9.17) is 11.0 Å². The third-order valence-corrected chi connectivity index (χ3v) is 1.74. The first-order valence-electron chi connectivity index (χ1n) is 3.16. The van der Waals surface area contributed by atoms with Crippen molar-refractivity contribution in [3.05, 3.63) is 11.8 Å². The summed E-state index contributed by atoms with van der Waals surface area (Å²) in [4.78, 5) is 0. The molecule has 1 saturated carbocycles. The lowest BCUT2D eigenvalue weighted by Gasteiger charge is -1.90. The van der Waals surface area contributed by atoms with Crippen LogP contribution < -0.4 is 5.73 Å². The highest BCUT2D eigenvalue weighted by Crippen LogP contribution is 2.28. The van der Waals surface area contributed by atoms with Crippen LogP contribution in [0.25, 0.3) is 0 Å². The van der Waals surface area contributed by atoms with Crippen molar-refractivity contribution < 1.29 is 0 Å². The summed E-state index contributed by atoms with van der Waals surface area (Å²) in [5.41, 5.74) is 6.52. The highest BCUT2D eigenvalue weighted by atomic mass is 14.5. The Morgan fingerprint density at radius 3 is 2.89 bits per heavy atom. The van der Waals surface area contributed by atoms with Crippen LogP contribution in [0.15, 0.2) is 11.8 Å². The Morgan fingerprint density at radius 1 is 1.78 bits per heavy atom. The fraction of sp³-hybridized carbons (Fsp3) is 0.571.